The van der Waals surface area contributed by atoms with E-state index in [0.717, 1.165) is 51.2 Å². The summed E-state index contributed by atoms with van der Waals surface area (Å²) in [5, 5.41) is 10.6. The molecule has 0 aliphatic heterocycles. The van der Waals surface area contributed by atoms with Gasteiger partial charge in [-0.3, -0.25) is 0 Å². The zero-order valence-corrected chi connectivity index (χ0v) is 21.1. The Kier molecular flexibility index (Phi) is 6.83. The average Bonchev–Trinajstić information content (AvgIpc) is 3.14. The standard InChI is InChI=1S/C27H27BrN2OS/c1-27(2,3)20-8-13-23-24(15-29)26(32-25(23)14-20)30-16-18-6-11-22(12-7-18)31-17-19-4-9-21(28)10-5-19/h4-7,9-12,16,20H,8,13-14,17H2,1-3H3/t20-/m0/s1. The summed E-state index contributed by atoms with van der Waals surface area (Å²) in [5.41, 5.74) is 4.39. The predicted octanol–water partition coefficient (Wildman–Crippen LogP) is 7.86. The molecule has 1 aromatic heterocycles. The van der Waals surface area contributed by atoms with E-state index in [4.69, 9.17) is 9.73 Å². The lowest BCUT2D eigenvalue weighted by Gasteiger charge is -2.33. The Balaban J connectivity index is 1.44. The van der Waals surface area contributed by atoms with E-state index < -0.39 is 0 Å². The second kappa shape index (κ2) is 9.60. The Hall–Kier alpha value is -2.42. The predicted molar refractivity (Wildman–Crippen MR) is 136 cm³/mol. The maximum atomic E-state index is 9.75. The quantitative estimate of drug-likeness (QED) is 0.330. The zero-order chi connectivity index (χ0) is 22.7. The second-order valence-electron chi connectivity index (χ2n) is 9.34. The number of rotatable bonds is 5. The molecule has 0 radical (unpaired) electrons. The molecule has 0 saturated heterocycles. The van der Waals surface area contributed by atoms with Gasteiger partial charge in [-0.05, 0) is 83.7 Å². The van der Waals surface area contributed by atoms with Crippen LogP contribution in [0.4, 0.5) is 5.00 Å². The SMILES string of the molecule is CC(C)(C)[C@H]1CCc2c(sc(N=Cc3ccc(OCc4ccc(Br)cc4)cc3)c2C#N)C1. The van der Waals surface area contributed by atoms with Crippen molar-refractivity contribution in [1.82, 2.24) is 0 Å². The Bertz CT molecular complexity index is 1150. The third-order valence-electron chi connectivity index (χ3n) is 6.11. The normalized spacial score (nSPS) is 16.0. The number of hydrogen-bond acceptors (Lipinski definition) is 4. The second-order valence-corrected chi connectivity index (χ2v) is 11.3. The number of thiophene rings is 1. The molecule has 0 fully saturated rings. The van der Waals surface area contributed by atoms with Crippen LogP contribution in [0.5, 0.6) is 5.75 Å². The largest absolute Gasteiger partial charge is 0.489 e. The van der Waals surface area contributed by atoms with Gasteiger partial charge in [0.1, 0.15) is 23.4 Å². The molecule has 3 aromatic rings. The minimum atomic E-state index is 0.291. The molecular weight excluding hydrogens is 480 g/mol. The molecule has 0 amide bonds. The van der Waals surface area contributed by atoms with Crippen LogP contribution in [0, 0.1) is 22.7 Å². The van der Waals surface area contributed by atoms with E-state index in [1.54, 1.807) is 11.3 Å². The average molecular weight is 507 g/mol. The van der Waals surface area contributed by atoms with E-state index in [9.17, 15) is 5.26 Å². The number of aliphatic imine (C=N–C) groups is 1. The highest BCUT2D eigenvalue weighted by Gasteiger charge is 2.32. The van der Waals surface area contributed by atoms with Crippen LogP contribution in [0.15, 0.2) is 58.0 Å². The number of ether oxygens (including phenoxy) is 1. The summed E-state index contributed by atoms with van der Waals surface area (Å²) in [6.45, 7) is 7.47. The van der Waals surface area contributed by atoms with Crippen molar-refractivity contribution in [3.8, 4) is 11.8 Å². The van der Waals surface area contributed by atoms with Crippen molar-refractivity contribution >= 4 is 38.5 Å². The molecule has 2 aromatic carbocycles. The number of nitrogens with zero attached hydrogens (tertiary/aromatic N) is 2. The number of benzene rings is 2. The van der Waals surface area contributed by atoms with Crippen LogP contribution < -0.4 is 4.74 Å². The molecule has 1 aliphatic rings. The van der Waals surface area contributed by atoms with E-state index >= 15 is 0 Å². The van der Waals surface area contributed by atoms with Crippen LogP contribution in [0.2, 0.25) is 0 Å². The van der Waals surface area contributed by atoms with Crippen molar-refractivity contribution in [3.05, 3.63) is 80.1 Å². The van der Waals surface area contributed by atoms with Crippen LogP contribution in [0.3, 0.4) is 0 Å². The number of fused-ring (bicyclic) bond motifs is 1. The van der Waals surface area contributed by atoms with Gasteiger partial charge in [0.2, 0.25) is 0 Å². The van der Waals surface area contributed by atoms with Gasteiger partial charge in [0.15, 0.2) is 0 Å². The summed E-state index contributed by atoms with van der Waals surface area (Å²) in [4.78, 5) is 6.04. The van der Waals surface area contributed by atoms with Crippen LogP contribution in [-0.4, -0.2) is 6.21 Å². The van der Waals surface area contributed by atoms with Crippen LogP contribution in [0.1, 0.15) is 54.3 Å². The molecule has 32 heavy (non-hydrogen) atoms. The van der Waals surface area contributed by atoms with E-state index in [-0.39, 0.29) is 0 Å². The van der Waals surface area contributed by atoms with Gasteiger partial charge in [-0.15, -0.1) is 11.3 Å². The number of nitriles is 1. The lowest BCUT2D eigenvalue weighted by atomic mass is 9.72. The summed E-state index contributed by atoms with van der Waals surface area (Å²) >= 11 is 5.13. The van der Waals surface area contributed by atoms with Crippen molar-refractivity contribution in [2.75, 3.05) is 0 Å². The molecule has 164 valence electrons. The van der Waals surface area contributed by atoms with Gasteiger partial charge in [-0.1, -0.05) is 48.8 Å². The van der Waals surface area contributed by atoms with Gasteiger partial charge in [-0.2, -0.15) is 5.26 Å². The molecule has 0 saturated carbocycles. The molecule has 1 atom stereocenters. The van der Waals surface area contributed by atoms with Crippen molar-refractivity contribution in [1.29, 1.82) is 5.26 Å². The maximum absolute atomic E-state index is 9.75. The highest BCUT2D eigenvalue weighted by atomic mass is 79.9. The molecule has 0 unspecified atom stereocenters. The van der Waals surface area contributed by atoms with Crippen molar-refractivity contribution < 1.29 is 4.74 Å². The third-order valence-corrected chi connectivity index (χ3v) is 7.80. The van der Waals surface area contributed by atoms with Gasteiger partial charge in [0.25, 0.3) is 0 Å². The Morgan fingerprint density at radius 1 is 1.16 bits per heavy atom. The summed E-state index contributed by atoms with van der Waals surface area (Å²) in [7, 11) is 0. The highest BCUT2D eigenvalue weighted by molar-refractivity contribution is 9.10. The minimum absolute atomic E-state index is 0.291. The summed E-state index contributed by atoms with van der Waals surface area (Å²) in [6.07, 6.45) is 5.03. The highest BCUT2D eigenvalue weighted by Crippen LogP contribution is 2.44. The van der Waals surface area contributed by atoms with Gasteiger partial charge < -0.3 is 4.74 Å². The number of halogens is 1. The van der Waals surface area contributed by atoms with Gasteiger partial charge in [-0.25, -0.2) is 4.99 Å². The van der Waals surface area contributed by atoms with Gasteiger partial charge in [0, 0.05) is 15.6 Å². The smallest absolute Gasteiger partial charge is 0.134 e. The van der Waals surface area contributed by atoms with Gasteiger partial charge in [0.05, 0.1) is 5.56 Å². The van der Waals surface area contributed by atoms with E-state index in [2.05, 4.69) is 42.8 Å². The molecule has 0 N–H and O–H groups in total. The van der Waals surface area contributed by atoms with E-state index in [0.29, 0.717) is 17.9 Å². The molecule has 1 aliphatic carbocycles. The van der Waals surface area contributed by atoms with Crippen LogP contribution in [-0.2, 0) is 19.4 Å². The number of hydrogen-bond donors (Lipinski definition) is 0. The van der Waals surface area contributed by atoms with E-state index in [1.807, 2.05) is 54.7 Å². The first-order chi connectivity index (χ1) is 15.3. The van der Waals surface area contributed by atoms with E-state index in [1.165, 1.54) is 10.4 Å². The zero-order valence-electron chi connectivity index (χ0n) is 18.7. The first-order valence-electron chi connectivity index (χ1n) is 10.9. The van der Waals surface area contributed by atoms with Crippen LogP contribution in [0.25, 0.3) is 0 Å². The Labute approximate surface area is 202 Å². The molecule has 4 rings (SSSR count). The fourth-order valence-corrected chi connectivity index (χ4v) is 5.53. The lowest BCUT2D eigenvalue weighted by molar-refractivity contribution is 0.218. The summed E-state index contributed by atoms with van der Waals surface area (Å²) in [5.74, 6) is 1.48. The summed E-state index contributed by atoms with van der Waals surface area (Å²) in [6, 6.07) is 18.4. The third kappa shape index (κ3) is 5.31. The van der Waals surface area contributed by atoms with Crippen molar-refractivity contribution in [2.45, 2.75) is 46.6 Å². The first kappa shape index (κ1) is 22.8. The molecule has 0 spiro atoms. The topological polar surface area (TPSA) is 45.4 Å². The van der Waals surface area contributed by atoms with Gasteiger partial charge >= 0.3 is 0 Å². The summed E-state index contributed by atoms with van der Waals surface area (Å²) < 4.78 is 6.94. The molecule has 0 bridgehead atoms. The molecular formula is C27H27BrN2OS. The first-order valence-corrected chi connectivity index (χ1v) is 12.5. The van der Waals surface area contributed by atoms with Crippen molar-refractivity contribution in [2.24, 2.45) is 16.3 Å². The fraction of sp³-hybridized carbons (Fsp3) is 0.333. The van der Waals surface area contributed by atoms with Crippen molar-refractivity contribution in [3.63, 3.8) is 0 Å². The Morgan fingerprint density at radius 2 is 1.88 bits per heavy atom. The van der Waals surface area contributed by atoms with Crippen LogP contribution >= 0.6 is 27.3 Å². The maximum Gasteiger partial charge on any atom is 0.134 e. The molecule has 1 heterocycles. The minimum Gasteiger partial charge on any atom is -0.489 e. The molecule has 3 nitrogen and oxygen atoms in total. The fourth-order valence-electron chi connectivity index (χ4n) is 4.05. The lowest BCUT2D eigenvalue weighted by Crippen LogP contribution is -2.26. The Morgan fingerprint density at radius 3 is 2.53 bits per heavy atom. The monoisotopic (exact) mass is 506 g/mol. The molecule has 5 heteroatoms.